The third kappa shape index (κ3) is 3.54. The van der Waals surface area contributed by atoms with Crippen LogP contribution in [-0.2, 0) is 0 Å². The van der Waals surface area contributed by atoms with Gasteiger partial charge in [-0.15, -0.1) is 11.3 Å². The van der Waals surface area contributed by atoms with Gasteiger partial charge in [-0.3, -0.25) is 4.98 Å². The molecule has 0 fully saturated rings. The number of aromatic nitrogens is 3. The highest BCUT2D eigenvalue weighted by Gasteiger charge is 2.19. The van der Waals surface area contributed by atoms with Gasteiger partial charge in [0.05, 0.1) is 27.6 Å². The first-order valence-corrected chi connectivity index (χ1v) is 16.0. The number of nitrogens with zero attached hydrogens (tertiary/aromatic N) is 3. The summed E-state index contributed by atoms with van der Waals surface area (Å²) in [6, 6.07) is 52.6. The van der Waals surface area contributed by atoms with Gasteiger partial charge in [0, 0.05) is 53.9 Å². The highest BCUT2D eigenvalue weighted by Crippen LogP contribution is 2.43. The maximum Gasteiger partial charge on any atom is 0.0977 e. The second-order valence-electron chi connectivity index (χ2n) is 11.6. The van der Waals surface area contributed by atoms with Crippen molar-refractivity contribution in [1.29, 1.82) is 0 Å². The van der Waals surface area contributed by atoms with Crippen LogP contribution in [0.15, 0.2) is 152 Å². The van der Waals surface area contributed by atoms with E-state index < -0.39 is 0 Å². The summed E-state index contributed by atoms with van der Waals surface area (Å²) in [7, 11) is 0. The summed E-state index contributed by atoms with van der Waals surface area (Å²) in [5.74, 6) is 0. The maximum atomic E-state index is 4.93. The number of pyridine rings is 1. The van der Waals surface area contributed by atoms with Crippen LogP contribution in [0.4, 0.5) is 0 Å². The zero-order valence-corrected chi connectivity index (χ0v) is 25.0. The lowest BCUT2D eigenvalue weighted by atomic mass is 10.0. The van der Waals surface area contributed by atoms with E-state index in [0.717, 1.165) is 22.4 Å². The van der Waals surface area contributed by atoms with Gasteiger partial charge >= 0.3 is 0 Å². The molecule has 0 radical (unpaired) electrons. The monoisotopic (exact) mass is 591 g/mol. The highest BCUT2D eigenvalue weighted by atomic mass is 32.1. The van der Waals surface area contributed by atoms with Crippen molar-refractivity contribution in [2.24, 2.45) is 0 Å². The Kier molecular flexibility index (Phi) is 5.16. The van der Waals surface area contributed by atoms with Crippen LogP contribution in [-0.4, -0.2) is 14.1 Å². The minimum atomic E-state index is 1.04. The first kappa shape index (κ1) is 24.7. The fourth-order valence-electron chi connectivity index (χ4n) is 7.22. The van der Waals surface area contributed by atoms with Crippen molar-refractivity contribution in [2.45, 2.75) is 0 Å². The van der Waals surface area contributed by atoms with Crippen LogP contribution in [0.2, 0.25) is 0 Å². The van der Waals surface area contributed by atoms with Gasteiger partial charge in [0.15, 0.2) is 0 Å². The summed E-state index contributed by atoms with van der Waals surface area (Å²) in [6.07, 6.45) is 1.91. The molecule has 0 aliphatic heterocycles. The molecule has 0 unspecified atom stereocenters. The second kappa shape index (κ2) is 9.39. The molecule has 4 heterocycles. The first-order valence-electron chi connectivity index (χ1n) is 15.2. The predicted molar refractivity (Wildman–Crippen MR) is 191 cm³/mol. The second-order valence-corrected chi connectivity index (χ2v) is 12.7. The molecule has 45 heavy (non-hydrogen) atoms. The Hall–Kier alpha value is -5.71. The fraction of sp³-hybridized carbons (Fsp3) is 0. The van der Waals surface area contributed by atoms with Gasteiger partial charge in [-0.2, -0.15) is 0 Å². The van der Waals surface area contributed by atoms with Gasteiger partial charge in [-0.25, -0.2) is 0 Å². The van der Waals surface area contributed by atoms with E-state index in [4.69, 9.17) is 4.98 Å². The standard InChI is InChI=1S/C41H25N3S/c1-4-17-34-30(14-1)31-15-2-5-18-35(31)43(34)28-12-7-10-26(24-28)27-11-8-13-29(25-27)44-36-22-21-33-32-16-3-6-20-38(32)45-41(33)39(36)40-37(44)19-9-23-42-40/h1-25H. The molecule has 0 saturated heterocycles. The molecule has 4 heteroatoms. The molecular formula is C41H25N3S. The molecule has 0 N–H and O–H groups in total. The van der Waals surface area contributed by atoms with Crippen molar-refractivity contribution in [1.82, 2.24) is 14.1 Å². The lowest BCUT2D eigenvalue weighted by molar-refractivity contribution is 1.17. The minimum Gasteiger partial charge on any atom is -0.309 e. The minimum absolute atomic E-state index is 1.04. The molecule has 3 nitrogen and oxygen atoms in total. The van der Waals surface area contributed by atoms with E-state index in [1.54, 1.807) is 0 Å². The smallest absolute Gasteiger partial charge is 0.0977 e. The Morgan fingerprint density at radius 2 is 1.04 bits per heavy atom. The molecule has 0 spiro atoms. The van der Waals surface area contributed by atoms with Gasteiger partial charge in [-0.05, 0) is 71.8 Å². The maximum absolute atomic E-state index is 4.93. The molecule has 0 aliphatic rings. The van der Waals surface area contributed by atoms with E-state index >= 15 is 0 Å². The number of rotatable bonds is 3. The Morgan fingerprint density at radius 1 is 0.444 bits per heavy atom. The van der Waals surface area contributed by atoms with Crippen LogP contribution in [0.3, 0.4) is 0 Å². The molecule has 0 atom stereocenters. The average Bonchev–Trinajstić information content (AvgIpc) is 3.76. The summed E-state index contributed by atoms with van der Waals surface area (Å²) in [6.45, 7) is 0. The quantitative estimate of drug-likeness (QED) is 0.200. The number of hydrogen-bond acceptors (Lipinski definition) is 2. The van der Waals surface area contributed by atoms with Crippen molar-refractivity contribution < 1.29 is 0 Å². The van der Waals surface area contributed by atoms with Gasteiger partial charge in [-0.1, -0.05) is 84.9 Å². The SMILES string of the molecule is c1cc(-c2cccc(-n3c4cccnc4c4c5sc6ccccc6c5ccc43)c2)cc(-n2c3ccccc3c3ccccc32)c1. The van der Waals surface area contributed by atoms with E-state index in [1.807, 2.05) is 23.6 Å². The highest BCUT2D eigenvalue weighted by molar-refractivity contribution is 7.26. The summed E-state index contributed by atoms with van der Waals surface area (Å²) in [4.78, 5) is 4.93. The molecular weight excluding hydrogens is 567 g/mol. The van der Waals surface area contributed by atoms with E-state index in [0.29, 0.717) is 0 Å². The van der Waals surface area contributed by atoms with Crippen LogP contribution >= 0.6 is 11.3 Å². The zero-order valence-electron chi connectivity index (χ0n) is 24.2. The molecule has 0 saturated carbocycles. The van der Waals surface area contributed by atoms with Crippen LogP contribution in [0.1, 0.15) is 0 Å². The number of para-hydroxylation sites is 2. The van der Waals surface area contributed by atoms with E-state index in [-0.39, 0.29) is 0 Å². The third-order valence-electron chi connectivity index (χ3n) is 9.15. The molecule has 10 aromatic rings. The van der Waals surface area contributed by atoms with Crippen LogP contribution < -0.4 is 0 Å². The van der Waals surface area contributed by atoms with Crippen molar-refractivity contribution in [3.8, 4) is 22.5 Å². The Bertz CT molecular complexity index is 2720. The summed E-state index contributed by atoms with van der Waals surface area (Å²) in [5.41, 5.74) is 10.4. The van der Waals surface area contributed by atoms with Gasteiger partial charge in [0.2, 0.25) is 0 Å². The van der Waals surface area contributed by atoms with Crippen LogP contribution in [0.5, 0.6) is 0 Å². The number of benzene rings is 6. The molecule has 210 valence electrons. The average molecular weight is 592 g/mol. The Labute approximate surface area is 262 Å². The lowest BCUT2D eigenvalue weighted by Crippen LogP contribution is -1.96. The summed E-state index contributed by atoms with van der Waals surface area (Å²) >= 11 is 1.86. The molecule has 4 aromatic heterocycles. The molecule has 10 rings (SSSR count). The van der Waals surface area contributed by atoms with Crippen LogP contribution in [0.25, 0.3) is 86.4 Å². The molecule has 0 amide bonds. The zero-order chi connectivity index (χ0) is 29.5. The van der Waals surface area contributed by atoms with E-state index in [9.17, 15) is 0 Å². The Morgan fingerprint density at radius 3 is 1.76 bits per heavy atom. The van der Waals surface area contributed by atoms with Crippen molar-refractivity contribution in [2.75, 3.05) is 0 Å². The Balaban J connectivity index is 1.18. The lowest BCUT2D eigenvalue weighted by Gasteiger charge is -2.12. The van der Waals surface area contributed by atoms with Crippen molar-refractivity contribution in [3.05, 3.63) is 152 Å². The van der Waals surface area contributed by atoms with Gasteiger partial charge in [0.1, 0.15) is 0 Å². The van der Waals surface area contributed by atoms with E-state index in [2.05, 4.69) is 149 Å². The van der Waals surface area contributed by atoms with Gasteiger partial charge in [0.25, 0.3) is 0 Å². The van der Waals surface area contributed by atoms with Crippen molar-refractivity contribution in [3.63, 3.8) is 0 Å². The summed E-state index contributed by atoms with van der Waals surface area (Å²) in [5, 5.41) is 6.37. The predicted octanol–water partition coefficient (Wildman–Crippen LogP) is 11.3. The number of hydrogen-bond donors (Lipinski definition) is 0. The third-order valence-corrected chi connectivity index (χ3v) is 10.4. The largest absolute Gasteiger partial charge is 0.309 e. The number of thiophene rings is 1. The molecule has 6 aromatic carbocycles. The molecule has 0 bridgehead atoms. The summed E-state index contributed by atoms with van der Waals surface area (Å²) < 4.78 is 7.36. The topological polar surface area (TPSA) is 22.8 Å². The van der Waals surface area contributed by atoms with Crippen molar-refractivity contribution >= 4 is 75.3 Å². The van der Waals surface area contributed by atoms with Crippen LogP contribution in [0, 0.1) is 0 Å². The fourth-order valence-corrected chi connectivity index (χ4v) is 8.47. The number of fused-ring (bicyclic) bond motifs is 10. The first-order chi connectivity index (χ1) is 22.3. The molecule has 0 aliphatic carbocycles. The van der Waals surface area contributed by atoms with Gasteiger partial charge < -0.3 is 9.13 Å². The van der Waals surface area contributed by atoms with E-state index in [1.165, 1.54) is 64.0 Å². The normalized spacial score (nSPS) is 12.0.